The number of ether oxygens (including phenoxy) is 5. The van der Waals surface area contributed by atoms with Gasteiger partial charge in [-0.1, -0.05) is 26.7 Å². The van der Waals surface area contributed by atoms with Crippen LogP contribution in [0, 0.1) is 0 Å². The highest BCUT2D eigenvalue weighted by Crippen LogP contribution is 2.08. The first-order valence-corrected chi connectivity index (χ1v) is 10.3. The SMILES string of the molecule is C.COCC(O)COCC(O)COCC(O)COC(=O)CCCCCCCC(=O)OC. The van der Waals surface area contributed by atoms with E-state index in [1.807, 2.05) is 0 Å². The Kier molecular flexibility index (Phi) is 22.5. The van der Waals surface area contributed by atoms with E-state index in [0.717, 1.165) is 25.7 Å². The third kappa shape index (κ3) is 21.7. The van der Waals surface area contributed by atoms with Crippen molar-refractivity contribution in [2.45, 2.75) is 70.7 Å². The molecule has 0 aromatic rings. The second kappa shape index (κ2) is 21.9. The number of hydrogen-bond donors (Lipinski definition) is 3. The smallest absolute Gasteiger partial charge is 0.305 e. The van der Waals surface area contributed by atoms with Gasteiger partial charge in [0.2, 0.25) is 0 Å². The number of aliphatic hydroxyl groups excluding tert-OH is 3. The van der Waals surface area contributed by atoms with Crippen molar-refractivity contribution < 1.29 is 48.6 Å². The van der Waals surface area contributed by atoms with Crippen LogP contribution in [0.4, 0.5) is 0 Å². The van der Waals surface area contributed by atoms with Crippen LogP contribution in [0.25, 0.3) is 0 Å². The van der Waals surface area contributed by atoms with Gasteiger partial charge in [-0.05, 0) is 12.8 Å². The second-order valence-electron chi connectivity index (χ2n) is 7.02. The molecule has 0 radical (unpaired) electrons. The maximum Gasteiger partial charge on any atom is 0.305 e. The average Bonchev–Trinajstić information content (AvgIpc) is 2.71. The highest BCUT2D eigenvalue weighted by molar-refractivity contribution is 5.69. The standard InChI is InChI=1S/C20H38O10.CH4/c1-26-10-16(21)11-28-12-17(22)13-29-14-18(23)15-30-20(25)9-7-5-3-4-6-8-19(24)27-2;/h16-18,21-23H,3-15H2,1-2H3;1H4. The number of methoxy groups -OCH3 is 2. The van der Waals surface area contributed by atoms with Gasteiger partial charge in [-0.15, -0.1) is 0 Å². The molecule has 0 aromatic carbocycles. The average molecular weight is 455 g/mol. The van der Waals surface area contributed by atoms with Crippen LogP contribution in [0.2, 0.25) is 0 Å². The predicted molar refractivity (Wildman–Crippen MR) is 114 cm³/mol. The van der Waals surface area contributed by atoms with E-state index in [4.69, 9.17) is 18.9 Å². The van der Waals surface area contributed by atoms with Crippen molar-refractivity contribution in [1.82, 2.24) is 0 Å². The molecule has 0 aliphatic carbocycles. The lowest BCUT2D eigenvalue weighted by molar-refractivity contribution is -0.148. The summed E-state index contributed by atoms with van der Waals surface area (Å²) in [6, 6.07) is 0. The number of carbonyl (C=O) groups is 2. The third-order valence-electron chi connectivity index (χ3n) is 4.03. The number of unbranched alkanes of at least 4 members (excludes halogenated alkanes) is 4. The molecule has 0 spiro atoms. The van der Waals surface area contributed by atoms with Gasteiger partial charge in [0.1, 0.15) is 24.9 Å². The fraction of sp³-hybridized carbons (Fsp3) is 0.905. The number of aliphatic hydroxyl groups is 3. The summed E-state index contributed by atoms with van der Waals surface area (Å²) < 4.78 is 24.6. The van der Waals surface area contributed by atoms with Crippen LogP contribution in [0.5, 0.6) is 0 Å². The molecule has 0 fully saturated rings. The first-order chi connectivity index (χ1) is 14.4. The van der Waals surface area contributed by atoms with Crippen LogP contribution in [-0.4, -0.2) is 99.4 Å². The number of hydrogen-bond acceptors (Lipinski definition) is 10. The Balaban J connectivity index is 0. The van der Waals surface area contributed by atoms with Crippen LogP contribution in [0.15, 0.2) is 0 Å². The zero-order chi connectivity index (χ0) is 22.6. The van der Waals surface area contributed by atoms with Gasteiger partial charge >= 0.3 is 11.9 Å². The summed E-state index contributed by atoms with van der Waals surface area (Å²) in [5, 5.41) is 28.8. The molecule has 3 unspecified atom stereocenters. The van der Waals surface area contributed by atoms with Gasteiger partial charge in [-0.2, -0.15) is 0 Å². The minimum absolute atomic E-state index is 0. The molecule has 0 aromatic heterocycles. The molecule has 31 heavy (non-hydrogen) atoms. The first kappa shape index (κ1) is 31.9. The van der Waals surface area contributed by atoms with Crippen LogP contribution in [0.3, 0.4) is 0 Å². The molecule has 3 atom stereocenters. The van der Waals surface area contributed by atoms with E-state index in [-0.39, 0.29) is 65.4 Å². The summed E-state index contributed by atoms with van der Waals surface area (Å²) in [6.45, 7) is -0.147. The van der Waals surface area contributed by atoms with Crippen molar-refractivity contribution >= 4 is 11.9 Å². The number of carbonyl (C=O) groups excluding carboxylic acids is 2. The van der Waals surface area contributed by atoms with E-state index < -0.39 is 18.3 Å². The normalized spacial score (nSPS) is 13.7. The maximum absolute atomic E-state index is 11.6. The first-order valence-electron chi connectivity index (χ1n) is 10.3. The molecule has 0 rings (SSSR count). The molecule has 0 aliphatic heterocycles. The van der Waals surface area contributed by atoms with E-state index in [1.54, 1.807) is 0 Å². The highest BCUT2D eigenvalue weighted by Gasteiger charge is 2.12. The van der Waals surface area contributed by atoms with Crippen LogP contribution in [0.1, 0.15) is 52.4 Å². The largest absolute Gasteiger partial charge is 0.469 e. The van der Waals surface area contributed by atoms with Crippen molar-refractivity contribution in [1.29, 1.82) is 0 Å². The van der Waals surface area contributed by atoms with Gasteiger partial charge in [0, 0.05) is 20.0 Å². The van der Waals surface area contributed by atoms with Gasteiger partial charge in [0.05, 0.1) is 40.1 Å². The molecule has 0 aliphatic rings. The van der Waals surface area contributed by atoms with Crippen LogP contribution >= 0.6 is 0 Å². The molecule has 10 nitrogen and oxygen atoms in total. The molecule has 0 bridgehead atoms. The van der Waals surface area contributed by atoms with E-state index >= 15 is 0 Å². The van der Waals surface area contributed by atoms with E-state index in [0.29, 0.717) is 12.8 Å². The van der Waals surface area contributed by atoms with Gasteiger partial charge < -0.3 is 39.0 Å². The Hall–Kier alpha value is -1.30. The Morgan fingerprint density at radius 1 is 0.645 bits per heavy atom. The summed E-state index contributed by atoms with van der Waals surface area (Å²) in [4.78, 5) is 22.6. The number of esters is 2. The molecule has 0 saturated heterocycles. The lowest BCUT2D eigenvalue weighted by atomic mass is 10.1. The molecule has 3 N–H and O–H groups in total. The Bertz CT molecular complexity index is 432. The fourth-order valence-electron chi connectivity index (χ4n) is 2.45. The van der Waals surface area contributed by atoms with Crippen molar-refractivity contribution in [3.8, 4) is 0 Å². The summed E-state index contributed by atoms with van der Waals surface area (Å²) in [5.41, 5.74) is 0. The molecule has 0 saturated carbocycles. The fourth-order valence-corrected chi connectivity index (χ4v) is 2.45. The summed E-state index contributed by atoms with van der Waals surface area (Å²) in [5.74, 6) is -0.589. The number of rotatable bonds is 20. The van der Waals surface area contributed by atoms with Gasteiger partial charge in [-0.3, -0.25) is 9.59 Å². The van der Waals surface area contributed by atoms with Crippen molar-refractivity contribution in [2.75, 3.05) is 53.9 Å². The summed E-state index contributed by atoms with van der Waals surface area (Å²) in [7, 11) is 2.83. The Labute approximate surface area is 185 Å². The minimum Gasteiger partial charge on any atom is -0.469 e. The minimum atomic E-state index is -0.982. The van der Waals surface area contributed by atoms with E-state index in [9.17, 15) is 24.9 Å². The Morgan fingerprint density at radius 2 is 1.06 bits per heavy atom. The molecular weight excluding hydrogens is 412 g/mol. The van der Waals surface area contributed by atoms with Gasteiger partial charge in [0.25, 0.3) is 0 Å². The molecule has 10 heteroatoms. The second-order valence-corrected chi connectivity index (χ2v) is 7.02. The van der Waals surface area contributed by atoms with Crippen LogP contribution < -0.4 is 0 Å². The lowest BCUT2D eigenvalue weighted by Crippen LogP contribution is -2.29. The quantitative estimate of drug-likeness (QED) is 0.179. The summed E-state index contributed by atoms with van der Waals surface area (Å²) in [6.07, 6.45) is 2.22. The summed E-state index contributed by atoms with van der Waals surface area (Å²) >= 11 is 0. The Morgan fingerprint density at radius 3 is 1.55 bits per heavy atom. The van der Waals surface area contributed by atoms with E-state index in [2.05, 4.69) is 4.74 Å². The van der Waals surface area contributed by atoms with Gasteiger partial charge in [0.15, 0.2) is 0 Å². The monoisotopic (exact) mass is 454 g/mol. The van der Waals surface area contributed by atoms with Crippen molar-refractivity contribution in [2.24, 2.45) is 0 Å². The molecule has 186 valence electrons. The third-order valence-corrected chi connectivity index (χ3v) is 4.03. The maximum atomic E-state index is 11.6. The van der Waals surface area contributed by atoms with Crippen LogP contribution in [-0.2, 0) is 33.3 Å². The zero-order valence-electron chi connectivity index (χ0n) is 18.1. The van der Waals surface area contributed by atoms with Gasteiger partial charge in [-0.25, -0.2) is 0 Å². The molecule has 0 heterocycles. The lowest BCUT2D eigenvalue weighted by Gasteiger charge is -2.16. The topological polar surface area (TPSA) is 141 Å². The molecule has 0 amide bonds. The van der Waals surface area contributed by atoms with Crippen molar-refractivity contribution in [3.63, 3.8) is 0 Å². The molecular formula is C21H42O10. The highest BCUT2D eigenvalue weighted by atomic mass is 16.6. The van der Waals surface area contributed by atoms with E-state index in [1.165, 1.54) is 14.2 Å². The zero-order valence-corrected chi connectivity index (χ0v) is 18.1. The predicted octanol–water partition coefficient (Wildman–Crippen LogP) is 0.832. The van der Waals surface area contributed by atoms with Crippen molar-refractivity contribution in [3.05, 3.63) is 0 Å².